The number of carbonyl (C=O) groups excluding carboxylic acids is 1. The average Bonchev–Trinajstić information content (AvgIpc) is 2.65. The Bertz CT molecular complexity index is 881. The van der Waals surface area contributed by atoms with Crippen molar-refractivity contribution in [2.45, 2.75) is 33.7 Å². The van der Waals surface area contributed by atoms with Crippen LogP contribution in [0.3, 0.4) is 0 Å². The summed E-state index contributed by atoms with van der Waals surface area (Å²) in [5, 5.41) is 15.3. The van der Waals surface area contributed by atoms with E-state index in [1.54, 1.807) is 6.07 Å². The fraction of sp³-hybridized carbons (Fsp3) is 0.273. The minimum atomic E-state index is -0.444. The summed E-state index contributed by atoms with van der Waals surface area (Å²) >= 11 is 0. The van der Waals surface area contributed by atoms with Gasteiger partial charge in [-0.15, -0.1) is 0 Å². The van der Waals surface area contributed by atoms with Crippen molar-refractivity contribution in [3.63, 3.8) is 0 Å². The maximum absolute atomic E-state index is 12.4. The highest BCUT2D eigenvalue weighted by atomic mass is 16.5. The molecule has 1 amide bonds. The third kappa shape index (κ3) is 5.35. The summed E-state index contributed by atoms with van der Waals surface area (Å²) in [6.07, 6.45) is 1.45. The molecule has 0 radical (unpaired) electrons. The van der Waals surface area contributed by atoms with Gasteiger partial charge in [0.05, 0.1) is 12.6 Å². The van der Waals surface area contributed by atoms with Crippen molar-refractivity contribution in [2.75, 3.05) is 11.9 Å². The van der Waals surface area contributed by atoms with Crippen molar-refractivity contribution in [1.82, 2.24) is 5.32 Å². The summed E-state index contributed by atoms with van der Waals surface area (Å²) in [5.74, 6) is 0.347. The van der Waals surface area contributed by atoms with Gasteiger partial charge in [-0.2, -0.15) is 5.26 Å². The predicted octanol–water partition coefficient (Wildman–Crippen LogP) is 4.40. The Morgan fingerprint density at radius 1 is 1.26 bits per heavy atom. The summed E-state index contributed by atoms with van der Waals surface area (Å²) in [5.41, 5.74) is 3.73. The van der Waals surface area contributed by atoms with E-state index in [1.165, 1.54) is 6.20 Å². The molecule has 1 unspecified atom stereocenters. The third-order valence-corrected chi connectivity index (χ3v) is 4.17. The van der Waals surface area contributed by atoms with E-state index in [4.69, 9.17) is 4.74 Å². The van der Waals surface area contributed by atoms with Crippen LogP contribution >= 0.6 is 0 Å². The molecule has 0 aliphatic heterocycles. The summed E-state index contributed by atoms with van der Waals surface area (Å²) in [6.45, 7) is 8.38. The number of anilines is 1. The molecule has 2 N–H and O–H groups in total. The zero-order valence-electron chi connectivity index (χ0n) is 16.2. The third-order valence-electron chi connectivity index (χ3n) is 4.17. The maximum Gasteiger partial charge on any atom is 0.267 e. The monoisotopic (exact) mass is 363 g/mol. The molecule has 0 saturated carbocycles. The van der Waals surface area contributed by atoms with Gasteiger partial charge in [0.15, 0.2) is 0 Å². The summed E-state index contributed by atoms with van der Waals surface area (Å²) in [7, 11) is 0. The second kappa shape index (κ2) is 9.44. The quantitative estimate of drug-likeness (QED) is 0.565. The van der Waals surface area contributed by atoms with Crippen LogP contribution in [0.4, 0.5) is 5.69 Å². The highest BCUT2D eigenvalue weighted by Gasteiger charge is 2.14. The largest absolute Gasteiger partial charge is 0.494 e. The standard InChI is InChI=1S/C22H25N3O2/c1-5-27-21-11-10-15(2)12-19(21)17(4)24-14-18(13-23)22(26)25-20-9-7-6-8-16(20)3/h6-12,14,17,24H,5H2,1-4H3,(H,25,26)/b18-14-. The van der Waals surface area contributed by atoms with Crippen LogP contribution in [0.5, 0.6) is 5.75 Å². The van der Waals surface area contributed by atoms with Gasteiger partial charge in [0, 0.05) is 17.5 Å². The lowest BCUT2D eigenvalue weighted by atomic mass is 10.0. The summed E-state index contributed by atoms with van der Waals surface area (Å²) < 4.78 is 5.68. The van der Waals surface area contributed by atoms with E-state index in [0.29, 0.717) is 12.3 Å². The van der Waals surface area contributed by atoms with Crippen LogP contribution in [0.25, 0.3) is 0 Å². The van der Waals surface area contributed by atoms with Crippen LogP contribution in [-0.2, 0) is 4.79 Å². The van der Waals surface area contributed by atoms with E-state index in [0.717, 1.165) is 22.4 Å². The molecule has 2 aromatic rings. The molecule has 0 aliphatic carbocycles. The molecule has 0 heterocycles. The molecule has 0 saturated heterocycles. The number of nitrogens with one attached hydrogen (secondary N) is 2. The number of hydrogen-bond acceptors (Lipinski definition) is 4. The first kappa shape index (κ1) is 20.1. The topological polar surface area (TPSA) is 74.1 Å². The van der Waals surface area contributed by atoms with E-state index < -0.39 is 5.91 Å². The predicted molar refractivity (Wildman–Crippen MR) is 107 cm³/mol. The first-order chi connectivity index (χ1) is 13.0. The Morgan fingerprint density at radius 2 is 2.00 bits per heavy atom. The van der Waals surface area contributed by atoms with Crippen molar-refractivity contribution < 1.29 is 9.53 Å². The van der Waals surface area contributed by atoms with Gasteiger partial charge in [-0.1, -0.05) is 35.9 Å². The van der Waals surface area contributed by atoms with Gasteiger partial charge in [-0.3, -0.25) is 4.79 Å². The van der Waals surface area contributed by atoms with E-state index in [-0.39, 0.29) is 11.6 Å². The van der Waals surface area contributed by atoms with Gasteiger partial charge in [0.25, 0.3) is 5.91 Å². The molecular formula is C22H25N3O2. The van der Waals surface area contributed by atoms with E-state index in [9.17, 15) is 10.1 Å². The first-order valence-corrected chi connectivity index (χ1v) is 8.93. The van der Waals surface area contributed by atoms with Gasteiger partial charge in [-0.05, 0) is 45.4 Å². The zero-order chi connectivity index (χ0) is 19.8. The Morgan fingerprint density at radius 3 is 2.67 bits per heavy atom. The average molecular weight is 363 g/mol. The summed E-state index contributed by atoms with van der Waals surface area (Å²) in [6, 6.07) is 15.2. The molecule has 0 fully saturated rings. The number of aryl methyl sites for hydroxylation is 2. The second-order valence-electron chi connectivity index (χ2n) is 6.30. The molecule has 0 spiro atoms. The van der Waals surface area contributed by atoms with Crippen LogP contribution in [0.15, 0.2) is 54.2 Å². The molecule has 5 nitrogen and oxygen atoms in total. The molecular weight excluding hydrogens is 338 g/mol. The van der Waals surface area contributed by atoms with Crippen LogP contribution in [0.2, 0.25) is 0 Å². The molecule has 1 atom stereocenters. The number of nitrogens with zero attached hydrogens (tertiary/aromatic N) is 1. The lowest BCUT2D eigenvalue weighted by molar-refractivity contribution is -0.112. The number of rotatable bonds is 7. The lowest BCUT2D eigenvalue weighted by Crippen LogP contribution is -2.19. The maximum atomic E-state index is 12.4. The highest BCUT2D eigenvalue weighted by molar-refractivity contribution is 6.06. The van der Waals surface area contributed by atoms with Gasteiger partial charge in [0.2, 0.25) is 0 Å². The smallest absolute Gasteiger partial charge is 0.267 e. The zero-order valence-corrected chi connectivity index (χ0v) is 16.2. The molecule has 0 aliphatic rings. The molecule has 0 bridgehead atoms. The number of carbonyl (C=O) groups is 1. The van der Waals surface area contributed by atoms with Gasteiger partial charge < -0.3 is 15.4 Å². The number of para-hydroxylation sites is 1. The number of amides is 1. The van der Waals surface area contributed by atoms with Crippen LogP contribution < -0.4 is 15.4 Å². The molecule has 2 aromatic carbocycles. The normalized spacial score (nSPS) is 12.0. The van der Waals surface area contributed by atoms with E-state index >= 15 is 0 Å². The molecule has 2 rings (SSSR count). The minimum absolute atomic E-state index is 0.00992. The number of benzene rings is 2. The second-order valence-corrected chi connectivity index (χ2v) is 6.30. The Kier molecular flexibility index (Phi) is 7.01. The van der Waals surface area contributed by atoms with Crippen molar-refractivity contribution >= 4 is 11.6 Å². The van der Waals surface area contributed by atoms with Crippen LogP contribution in [-0.4, -0.2) is 12.5 Å². The summed E-state index contributed by atoms with van der Waals surface area (Å²) in [4.78, 5) is 12.4. The SMILES string of the molecule is CCOc1ccc(C)cc1C(C)N/C=C(/C#N)C(=O)Nc1ccccc1C. The highest BCUT2D eigenvalue weighted by Crippen LogP contribution is 2.26. The Hall–Kier alpha value is -3.26. The molecule has 0 aromatic heterocycles. The fourth-order valence-electron chi connectivity index (χ4n) is 2.64. The lowest BCUT2D eigenvalue weighted by Gasteiger charge is -2.18. The number of nitriles is 1. The first-order valence-electron chi connectivity index (χ1n) is 8.93. The molecule has 27 heavy (non-hydrogen) atoms. The number of ether oxygens (including phenoxy) is 1. The van der Waals surface area contributed by atoms with E-state index in [1.807, 2.05) is 70.2 Å². The molecule has 140 valence electrons. The van der Waals surface area contributed by atoms with Gasteiger partial charge >= 0.3 is 0 Å². The van der Waals surface area contributed by atoms with Crippen molar-refractivity contribution in [2.24, 2.45) is 0 Å². The van der Waals surface area contributed by atoms with Gasteiger partial charge in [-0.25, -0.2) is 0 Å². The fourth-order valence-corrected chi connectivity index (χ4v) is 2.64. The van der Waals surface area contributed by atoms with Crippen LogP contribution in [0, 0.1) is 25.2 Å². The molecule has 5 heteroatoms. The Labute approximate surface area is 160 Å². The van der Waals surface area contributed by atoms with Gasteiger partial charge in [0.1, 0.15) is 17.4 Å². The van der Waals surface area contributed by atoms with Crippen molar-refractivity contribution in [1.29, 1.82) is 5.26 Å². The van der Waals surface area contributed by atoms with Crippen LogP contribution in [0.1, 0.15) is 36.6 Å². The Balaban J connectivity index is 2.15. The van der Waals surface area contributed by atoms with E-state index in [2.05, 4.69) is 10.6 Å². The minimum Gasteiger partial charge on any atom is -0.494 e. The van der Waals surface area contributed by atoms with Crippen molar-refractivity contribution in [3.8, 4) is 11.8 Å². The number of hydrogen-bond donors (Lipinski definition) is 2. The van der Waals surface area contributed by atoms with Crippen molar-refractivity contribution in [3.05, 3.63) is 70.9 Å².